The van der Waals surface area contributed by atoms with Crippen LogP contribution >= 0.6 is 7.60 Å². The fourth-order valence-corrected chi connectivity index (χ4v) is 4.93. The molecule has 2 aromatic carbocycles. The molecule has 0 radical (unpaired) electrons. The molecule has 32 heavy (non-hydrogen) atoms. The summed E-state index contributed by atoms with van der Waals surface area (Å²) in [4.78, 5) is 29.0. The zero-order chi connectivity index (χ0) is 23.7. The van der Waals surface area contributed by atoms with Crippen LogP contribution in [0.3, 0.4) is 0 Å². The number of benzene rings is 2. The molecule has 1 aromatic heterocycles. The smallest absolute Gasteiger partial charge is 0.339 e. The van der Waals surface area contributed by atoms with Crippen molar-refractivity contribution >= 4 is 35.1 Å². The van der Waals surface area contributed by atoms with Gasteiger partial charge < -0.3 is 15.9 Å². The number of hydrogen-bond acceptors (Lipinski definition) is 8. The molecule has 0 spiro atoms. The first-order chi connectivity index (χ1) is 14.9. The van der Waals surface area contributed by atoms with Gasteiger partial charge in [0.2, 0.25) is 0 Å². The molecule has 3 rings (SSSR count). The first-order valence-corrected chi connectivity index (χ1v) is 12.4. The lowest BCUT2D eigenvalue weighted by Gasteiger charge is -2.11. The molecule has 1 amide bonds. The zero-order valence-electron chi connectivity index (χ0n) is 16.8. The lowest BCUT2D eigenvalue weighted by molar-refractivity contribution is 0.102. The second kappa shape index (κ2) is 8.75. The van der Waals surface area contributed by atoms with E-state index in [2.05, 4.69) is 19.3 Å². The highest BCUT2D eigenvalue weighted by atomic mass is 32.2. The molecule has 0 saturated heterocycles. The number of carbonyl (C=O) groups is 1. The Hall–Kier alpha value is -3.18. The summed E-state index contributed by atoms with van der Waals surface area (Å²) in [5.74, 6) is -2.26. The number of aromatic nitrogens is 2. The Balaban J connectivity index is 1.86. The molecule has 168 valence electrons. The van der Waals surface area contributed by atoms with E-state index in [1.165, 1.54) is 6.20 Å². The van der Waals surface area contributed by atoms with Crippen LogP contribution in [0.5, 0.6) is 0 Å². The Kier molecular flexibility index (Phi) is 6.42. The Labute approximate surface area is 183 Å². The van der Waals surface area contributed by atoms with Gasteiger partial charge in [0, 0.05) is 17.9 Å². The Morgan fingerprint density at radius 2 is 1.88 bits per heavy atom. The van der Waals surface area contributed by atoms with E-state index >= 15 is 0 Å². The van der Waals surface area contributed by atoms with Gasteiger partial charge in [-0.1, -0.05) is 29.8 Å². The average Bonchev–Trinajstić information content (AvgIpc) is 2.67. The van der Waals surface area contributed by atoms with Crippen molar-refractivity contribution in [1.82, 2.24) is 9.97 Å². The lowest BCUT2D eigenvalue weighted by atomic mass is 10.1. The number of anilines is 2. The number of nitrogen functional groups attached to an aromatic ring is 1. The van der Waals surface area contributed by atoms with Crippen LogP contribution in [-0.4, -0.2) is 35.9 Å². The molecule has 0 aliphatic rings. The molecule has 3 aromatic rings. The fourth-order valence-electron chi connectivity index (χ4n) is 2.62. The third-order valence-electron chi connectivity index (χ3n) is 4.06. The fraction of sp³-hybridized carbons (Fsp3) is 0.105. The minimum atomic E-state index is -4.84. The lowest BCUT2D eigenvalue weighted by Crippen LogP contribution is -2.17. The summed E-state index contributed by atoms with van der Waals surface area (Å²) >= 11 is 0. The highest BCUT2D eigenvalue weighted by molar-refractivity contribution is 7.91. The van der Waals surface area contributed by atoms with Crippen molar-refractivity contribution < 1.29 is 31.0 Å². The number of nitrogens with zero attached hydrogens (tertiary/aromatic N) is 2. The van der Waals surface area contributed by atoms with E-state index < -0.39 is 34.3 Å². The summed E-state index contributed by atoms with van der Waals surface area (Å²) in [5.41, 5.74) is 7.57. The maximum Gasteiger partial charge on any atom is 0.339 e. The average molecular weight is 480 g/mol. The van der Waals surface area contributed by atoms with Gasteiger partial charge in [0.25, 0.3) is 5.91 Å². The standard InChI is InChI=1S/C19H18FN4O6PS/c1-11-3-5-12(6-4-11)15-10-22-18(21)17(24-15)19(25)23-13-7-8-16(14(20)9-13)32(28,29)30-31(2,26)27/h3-10H,1-2H3,(H2,21,22)(H,23,25)(H,26,27). The normalized spacial score (nSPS) is 13.4. The van der Waals surface area contributed by atoms with E-state index in [-0.39, 0.29) is 17.2 Å². The van der Waals surface area contributed by atoms with Gasteiger partial charge in [-0.25, -0.2) is 14.4 Å². The summed E-state index contributed by atoms with van der Waals surface area (Å²) in [5, 5.41) is 2.35. The molecule has 0 saturated carbocycles. The van der Waals surface area contributed by atoms with Gasteiger partial charge in [-0.15, -0.1) is 0 Å². The van der Waals surface area contributed by atoms with Gasteiger partial charge in [-0.3, -0.25) is 9.36 Å². The van der Waals surface area contributed by atoms with Crippen LogP contribution < -0.4 is 11.1 Å². The van der Waals surface area contributed by atoms with Gasteiger partial charge in [0.1, 0.15) is 10.7 Å². The molecule has 0 aliphatic carbocycles. The highest BCUT2D eigenvalue weighted by Crippen LogP contribution is 2.41. The quantitative estimate of drug-likeness (QED) is 0.450. The van der Waals surface area contributed by atoms with E-state index in [9.17, 15) is 22.2 Å². The van der Waals surface area contributed by atoms with Crippen LogP contribution in [0.2, 0.25) is 0 Å². The summed E-state index contributed by atoms with van der Waals surface area (Å²) in [7, 11) is -9.27. The van der Waals surface area contributed by atoms with Crippen molar-refractivity contribution in [2.24, 2.45) is 0 Å². The van der Waals surface area contributed by atoms with E-state index in [4.69, 9.17) is 10.6 Å². The number of nitrogens with one attached hydrogen (secondary N) is 1. The van der Waals surface area contributed by atoms with Crippen LogP contribution in [-0.2, 0) is 18.7 Å². The predicted octanol–water partition coefficient (Wildman–Crippen LogP) is 2.95. The number of amides is 1. The van der Waals surface area contributed by atoms with Crippen molar-refractivity contribution in [3.8, 4) is 11.3 Å². The van der Waals surface area contributed by atoms with E-state index in [0.717, 1.165) is 17.7 Å². The summed E-state index contributed by atoms with van der Waals surface area (Å²) in [6.45, 7) is 2.57. The second-order valence-corrected chi connectivity index (χ2v) is 10.3. The summed E-state index contributed by atoms with van der Waals surface area (Å²) < 4.78 is 53.5. The van der Waals surface area contributed by atoms with Crippen molar-refractivity contribution in [2.75, 3.05) is 17.7 Å². The molecule has 0 aliphatic heterocycles. The van der Waals surface area contributed by atoms with Gasteiger partial charge in [0.15, 0.2) is 11.5 Å². The SMILES string of the molecule is Cc1ccc(-c2cnc(N)c(C(=O)Nc3ccc(S(=O)(=O)OP(C)(=O)O)c(F)c3)n2)cc1. The molecule has 1 unspecified atom stereocenters. The Morgan fingerprint density at radius 1 is 1.22 bits per heavy atom. The summed E-state index contributed by atoms with van der Waals surface area (Å²) in [6, 6.07) is 9.90. The third kappa shape index (κ3) is 5.54. The maximum absolute atomic E-state index is 14.3. The maximum atomic E-state index is 14.3. The number of hydrogen-bond donors (Lipinski definition) is 3. The van der Waals surface area contributed by atoms with Crippen molar-refractivity contribution in [3.05, 3.63) is 65.7 Å². The first-order valence-electron chi connectivity index (χ1n) is 8.93. The van der Waals surface area contributed by atoms with Crippen LogP contribution in [0.15, 0.2) is 53.6 Å². The zero-order valence-corrected chi connectivity index (χ0v) is 18.5. The monoisotopic (exact) mass is 480 g/mol. The Morgan fingerprint density at radius 3 is 2.47 bits per heavy atom. The number of aryl methyl sites for hydroxylation is 1. The predicted molar refractivity (Wildman–Crippen MR) is 115 cm³/mol. The van der Waals surface area contributed by atoms with Crippen molar-refractivity contribution in [3.63, 3.8) is 0 Å². The molecule has 1 heterocycles. The molecular weight excluding hydrogens is 462 g/mol. The van der Waals surface area contributed by atoms with Gasteiger partial charge in [-0.2, -0.15) is 12.4 Å². The molecule has 0 fully saturated rings. The number of nitrogens with two attached hydrogens (primary N) is 1. The molecule has 1 atom stereocenters. The van der Waals surface area contributed by atoms with Gasteiger partial charge >= 0.3 is 17.7 Å². The second-order valence-electron chi connectivity index (χ2n) is 6.79. The number of rotatable bonds is 6. The minimum Gasteiger partial charge on any atom is -0.382 e. The molecule has 13 heteroatoms. The largest absolute Gasteiger partial charge is 0.382 e. The van der Waals surface area contributed by atoms with Crippen LogP contribution in [0, 0.1) is 12.7 Å². The topological polar surface area (TPSA) is 162 Å². The molecular formula is C19H18FN4O6PS. The third-order valence-corrected chi connectivity index (χ3v) is 6.82. The summed E-state index contributed by atoms with van der Waals surface area (Å²) in [6.07, 6.45) is 1.41. The molecule has 4 N–H and O–H groups in total. The van der Waals surface area contributed by atoms with Crippen LogP contribution in [0.25, 0.3) is 11.3 Å². The minimum absolute atomic E-state index is 0.114. The van der Waals surface area contributed by atoms with Crippen LogP contribution in [0.4, 0.5) is 15.9 Å². The van der Waals surface area contributed by atoms with Gasteiger partial charge in [0.05, 0.1) is 11.9 Å². The molecule has 0 bridgehead atoms. The van der Waals surface area contributed by atoms with Crippen molar-refractivity contribution in [1.29, 1.82) is 0 Å². The number of carbonyl (C=O) groups excluding carboxylic acids is 1. The van der Waals surface area contributed by atoms with Gasteiger partial charge in [-0.05, 0) is 25.1 Å². The molecule has 10 nitrogen and oxygen atoms in total. The van der Waals surface area contributed by atoms with E-state index in [1.54, 1.807) is 12.1 Å². The van der Waals surface area contributed by atoms with E-state index in [1.807, 2.05) is 19.1 Å². The van der Waals surface area contributed by atoms with Crippen LogP contribution in [0.1, 0.15) is 16.1 Å². The highest BCUT2D eigenvalue weighted by Gasteiger charge is 2.28. The van der Waals surface area contributed by atoms with Crippen molar-refractivity contribution in [2.45, 2.75) is 11.8 Å². The first kappa shape index (κ1) is 23.5. The number of halogens is 1. The van der Waals surface area contributed by atoms with E-state index in [0.29, 0.717) is 24.0 Å². The Bertz CT molecular complexity index is 1340.